The van der Waals surface area contributed by atoms with Crippen LogP contribution >= 0.6 is 0 Å². The van der Waals surface area contributed by atoms with Gasteiger partial charge in [0.15, 0.2) is 0 Å². The summed E-state index contributed by atoms with van der Waals surface area (Å²) in [7, 11) is 3.35. The maximum absolute atomic E-state index is 5.83. The van der Waals surface area contributed by atoms with Gasteiger partial charge in [0.05, 0.1) is 31.7 Å². The van der Waals surface area contributed by atoms with Crippen LogP contribution in [0.5, 0.6) is 11.5 Å². The Morgan fingerprint density at radius 1 is 1.13 bits per heavy atom. The Balaban J connectivity index is 2.02. The molecule has 5 heteroatoms. The van der Waals surface area contributed by atoms with Crippen LogP contribution in [0, 0.1) is 0 Å². The van der Waals surface area contributed by atoms with E-state index in [4.69, 9.17) is 20.3 Å². The summed E-state index contributed by atoms with van der Waals surface area (Å²) in [6.07, 6.45) is 0.786. The van der Waals surface area contributed by atoms with Crippen LogP contribution < -0.4 is 20.2 Å². The summed E-state index contributed by atoms with van der Waals surface area (Å²) < 4.78 is 10.9. The fourth-order valence-electron chi connectivity index (χ4n) is 2.87. The molecule has 0 fully saturated rings. The van der Waals surface area contributed by atoms with Crippen molar-refractivity contribution in [1.82, 2.24) is 0 Å². The van der Waals surface area contributed by atoms with Gasteiger partial charge in [-0.15, -0.1) is 0 Å². The van der Waals surface area contributed by atoms with E-state index < -0.39 is 0 Å². The Labute approximate surface area is 136 Å². The predicted molar refractivity (Wildman–Crippen MR) is 92.3 cm³/mol. The third kappa shape index (κ3) is 3.00. The van der Waals surface area contributed by atoms with Crippen molar-refractivity contribution in [3.63, 3.8) is 0 Å². The highest BCUT2D eigenvalue weighted by Crippen LogP contribution is 2.39. The molecule has 1 aliphatic rings. The topological polar surface area (TPSA) is 60.1 Å². The van der Waals surface area contributed by atoms with Crippen LogP contribution in [-0.4, -0.2) is 26.5 Å². The SMILES string of the molecule is COc1cccc(N2N=C(CN)CC2c2ccccc2OC)c1. The molecule has 0 aliphatic carbocycles. The first-order valence-electron chi connectivity index (χ1n) is 7.59. The molecule has 0 spiro atoms. The second kappa shape index (κ2) is 6.71. The molecule has 0 amide bonds. The van der Waals surface area contributed by atoms with Gasteiger partial charge in [-0.3, -0.25) is 5.01 Å². The summed E-state index contributed by atoms with van der Waals surface area (Å²) >= 11 is 0. The predicted octanol–water partition coefficient (Wildman–Crippen LogP) is 2.97. The quantitative estimate of drug-likeness (QED) is 0.922. The van der Waals surface area contributed by atoms with Gasteiger partial charge in [0.1, 0.15) is 11.5 Å². The van der Waals surface area contributed by atoms with E-state index in [1.165, 1.54) is 0 Å². The van der Waals surface area contributed by atoms with Crippen molar-refractivity contribution in [3.8, 4) is 11.5 Å². The molecular weight excluding hydrogens is 290 g/mol. The van der Waals surface area contributed by atoms with E-state index in [-0.39, 0.29) is 6.04 Å². The zero-order valence-electron chi connectivity index (χ0n) is 13.4. The van der Waals surface area contributed by atoms with Gasteiger partial charge in [-0.25, -0.2) is 0 Å². The zero-order valence-corrected chi connectivity index (χ0v) is 13.4. The number of methoxy groups -OCH3 is 2. The van der Waals surface area contributed by atoms with Crippen molar-refractivity contribution in [1.29, 1.82) is 0 Å². The number of nitrogens with zero attached hydrogens (tertiary/aromatic N) is 2. The van der Waals surface area contributed by atoms with Crippen LogP contribution in [0.2, 0.25) is 0 Å². The molecule has 1 heterocycles. The Morgan fingerprint density at radius 3 is 2.70 bits per heavy atom. The normalized spacial score (nSPS) is 17.1. The third-order valence-corrected chi connectivity index (χ3v) is 4.02. The van der Waals surface area contributed by atoms with Crippen molar-refractivity contribution in [3.05, 3.63) is 54.1 Å². The maximum atomic E-state index is 5.83. The molecule has 1 unspecified atom stereocenters. The van der Waals surface area contributed by atoms with Crippen molar-refractivity contribution < 1.29 is 9.47 Å². The molecule has 0 radical (unpaired) electrons. The second-order valence-corrected chi connectivity index (χ2v) is 5.38. The molecule has 0 saturated carbocycles. The van der Waals surface area contributed by atoms with Gasteiger partial charge in [0, 0.05) is 24.6 Å². The highest BCUT2D eigenvalue weighted by Gasteiger charge is 2.30. The summed E-state index contributed by atoms with van der Waals surface area (Å²) in [5.74, 6) is 1.66. The lowest BCUT2D eigenvalue weighted by Gasteiger charge is -2.25. The van der Waals surface area contributed by atoms with Crippen LogP contribution in [0.3, 0.4) is 0 Å². The van der Waals surface area contributed by atoms with Gasteiger partial charge in [0.25, 0.3) is 0 Å². The van der Waals surface area contributed by atoms with Gasteiger partial charge >= 0.3 is 0 Å². The first-order valence-corrected chi connectivity index (χ1v) is 7.59. The van der Waals surface area contributed by atoms with Gasteiger partial charge in [-0.2, -0.15) is 5.10 Å². The van der Waals surface area contributed by atoms with E-state index in [9.17, 15) is 0 Å². The minimum Gasteiger partial charge on any atom is -0.497 e. The summed E-state index contributed by atoms with van der Waals surface area (Å²) in [5.41, 5.74) is 8.88. The van der Waals surface area contributed by atoms with Gasteiger partial charge < -0.3 is 15.2 Å². The first-order chi connectivity index (χ1) is 11.3. The van der Waals surface area contributed by atoms with Gasteiger partial charge in [-0.1, -0.05) is 24.3 Å². The molecule has 1 atom stereocenters. The number of para-hydroxylation sites is 1. The second-order valence-electron chi connectivity index (χ2n) is 5.38. The Bertz CT molecular complexity index is 715. The Kier molecular flexibility index (Phi) is 4.48. The summed E-state index contributed by atoms with van der Waals surface area (Å²) in [6, 6.07) is 16.0. The third-order valence-electron chi connectivity index (χ3n) is 4.02. The van der Waals surface area contributed by atoms with Gasteiger partial charge in [-0.05, 0) is 18.2 Å². The number of ether oxygens (including phenoxy) is 2. The monoisotopic (exact) mass is 311 g/mol. The number of hydrogen-bond donors (Lipinski definition) is 1. The summed E-state index contributed by atoms with van der Waals surface area (Å²) in [5, 5.41) is 6.70. The molecule has 0 saturated heterocycles. The van der Waals surface area contributed by atoms with Crippen molar-refractivity contribution in [2.45, 2.75) is 12.5 Å². The number of hydrazone groups is 1. The molecular formula is C18H21N3O2. The smallest absolute Gasteiger partial charge is 0.124 e. The largest absolute Gasteiger partial charge is 0.497 e. The number of hydrogen-bond acceptors (Lipinski definition) is 5. The Hall–Kier alpha value is -2.53. The van der Waals surface area contributed by atoms with E-state index >= 15 is 0 Å². The molecule has 1 aliphatic heterocycles. The first kappa shape index (κ1) is 15.4. The molecule has 120 valence electrons. The fraction of sp³-hybridized carbons (Fsp3) is 0.278. The highest BCUT2D eigenvalue weighted by molar-refractivity contribution is 5.90. The van der Waals surface area contributed by atoms with Gasteiger partial charge in [0.2, 0.25) is 0 Å². The van der Waals surface area contributed by atoms with Crippen LogP contribution in [0.25, 0.3) is 0 Å². The van der Waals surface area contributed by atoms with E-state index in [1.807, 2.05) is 47.5 Å². The van der Waals surface area contributed by atoms with Crippen LogP contribution in [-0.2, 0) is 0 Å². The highest BCUT2D eigenvalue weighted by atomic mass is 16.5. The lowest BCUT2D eigenvalue weighted by Crippen LogP contribution is -2.19. The molecule has 2 N–H and O–H groups in total. The van der Waals surface area contributed by atoms with Crippen LogP contribution in [0.15, 0.2) is 53.6 Å². The summed E-state index contributed by atoms with van der Waals surface area (Å²) in [4.78, 5) is 0. The van der Waals surface area contributed by atoms with E-state index in [2.05, 4.69) is 6.07 Å². The van der Waals surface area contributed by atoms with Crippen LogP contribution in [0.4, 0.5) is 5.69 Å². The molecule has 2 aromatic carbocycles. The minimum absolute atomic E-state index is 0.0665. The van der Waals surface area contributed by atoms with Crippen molar-refractivity contribution in [2.24, 2.45) is 10.8 Å². The van der Waals surface area contributed by atoms with Crippen LogP contribution in [0.1, 0.15) is 18.0 Å². The van der Waals surface area contributed by atoms with E-state index in [1.54, 1.807) is 14.2 Å². The molecule has 0 bridgehead atoms. The molecule has 0 aromatic heterocycles. The zero-order chi connectivity index (χ0) is 16.2. The molecule has 5 nitrogen and oxygen atoms in total. The van der Waals surface area contributed by atoms with Crippen molar-refractivity contribution >= 4 is 11.4 Å². The summed E-state index contributed by atoms with van der Waals surface area (Å²) in [6.45, 7) is 0.451. The number of anilines is 1. The Morgan fingerprint density at radius 2 is 1.96 bits per heavy atom. The molecule has 3 rings (SSSR count). The van der Waals surface area contributed by atoms with Crippen molar-refractivity contribution in [2.75, 3.05) is 25.8 Å². The number of rotatable bonds is 5. The maximum Gasteiger partial charge on any atom is 0.124 e. The molecule has 2 aromatic rings. The lowest BCUT2D eigenvalue weighted by atomic mass is 10.0. The van der Waals surface area contributed by atoms with E-state index in [0.29, 0.717) is 6.54 Å². The fourth-order valence-corrected chi connectivity index (χ4v) is 2.87. The lowest BCUT2D eigenvalue weighted by molar-refractivity contribution is 0.405. The number of nitrogens with two attached hydrogens (primary N) is 1. The average molecular weight is 311 g/mol. The average Bonchev–Trinajstić information content (AvgIpc) is 3.06. The standard InChI is InChI=1S/C18H21N3O2/c1-22-15-7-5-6-14(11-15)21-17(10-13(12-19)20-21)16-8-3-4-9-18(16)23-2/h3-9,11,17H,10,12,19H2,1-2H3. The molecule has 23 heavy (non-hydrogen) atoms. The number of benzene rings is 2. The van der Waals surface area contributed by atoms with E-state index in [0.717, 1.165) is 34.9 Å². The minimum atomic E-state index is 0.0665.